The molecular formula is C14H19NO4. The second-order valence-corrected chi connectivity index (χ2v) is 4.19. The molecule has 1 rings (SSSR count). The van der Waals surface area contributed by atoms with E-state index in [0.717, 1.165) is 5.56 Å². The van der Waals surface area contributed by atoms with Crippen molar-refractivity contribution >= 4 is 11.7 Å². The molecule has 0 heterocycles. The third-order valence-corrected chi connectivity index (χ3v) is 2.40. The second-order valence-electron chi connectivity index (χ2n) is 4.19. The number of benzene rings is 1. The Labute approximate surface area is 112 Å². The maximum Gasteiger partial charge on any atom is 0.338 e. The van der Waals surface area contributed by atoms with Crippen LogP contribution in [0.25, 0.3) is 0 Å². The SMILES string of the molecule is C=CCOC(=O)c1cc(C)cc(NCC(O)CO)c1. The molecule has 0 aliphatic heterocycles. The van der Waals surface area contributed by atoms with E-state index in [2.05, 4.69) is 11.9 Å². The highest BCUT2D eigenvalue weighted by Gasteiger charge is 2.09. The van der Waals surface area contributed by atoms with Crippen LogP contribution in [0.2, 0.25) is 0 Å². The van der Waals surface area contributed by atoms with Gasteiger partial charge in [-0.1, -0.05) is 12.7 Å². The van der Waals surface area contributed by atoms with Crippen LogP contribution in [0.4, 0.5) is 5.69 Å². The highest BCUT2D eigenvalue weighted by molar-refractivity contribution is 5.90. The summed E-state index contributed by atoms with van der Waals surface area (Å²) in [5.41, 5.74) is 2.02. The predicted molar refractivity (Wildman–Crippen MR) is 73.2 cm³/mol. The fourth-order valence-electron chi connectivity index (χ4n) is 1.52. The number of anilines is 1. The molecule has 0 bridgehead atoms. The Morgan fingerprint density at radius 1 is 1.53 bits per heavy atom. The van der Waals surface area contributed by atoms with Gasteiger partial charge in [0.15, 0.2) is 0 Å². The highest BCUT2D eigenvalue weighted by atomic mass is 16.5. The highest BCUT2D eigenvalue weighted by Crippen LogP contribution is 2.15. The van der Waals surface area contributed by atoms with Crippen LogP contribution in [0.5, 0.6) is 0 Å². The van der Waals surface area contributed by atoms with E-state index >= 15 is 0 Å². The summed E-state index contributed by atoms with van der Waals surface area (Å²) in [7, 11) is 0. The molecule has 0 aliphatic carbocycles. The van der Waals surface area contributed by atoms with Crippen LogP contribution in [0, 0.1) is 6.92 Å². The van der Waals surface area contributed by atoms with Crippen LogP contribution in [-0.4, -0.2) is 42.0 Å². The first-order valence-corrected chi connectivity index (χ1v) is 5.99. The monoisotopic (exact) mass is 265 g/mol. The zero-order valence-electron chi connectivity index (χ0n) is 10.9. The maximum absolute atomic E-state index is 11.7. The lowest BCUT2D eigenvalue weighted by molar-refractivity contribution is 0.0549. The average molecular weight is 265 g/mol. The van der Waals surface area contributed by atoms with Crippen molar-refractivity contribution < 1.29 is 19.7 Å². The average Bonchev–Trinajstić information content (AvgIpc) is 2.41. The third-order valence-electron chi connectivity index (χ3n) is 2.40. The lowest BCUT2D eigenvalue weighted by Gasteiger charge is -2.12. The Hall–Kier alpha value is -1.85. The van der Waals surface area contributed by atoms with Crippen molar-refractivity contribution in [2.75, 3.05) is 25.1 Å². The Morgan fingerprint density at radius 2 is 2.26 bits per heavy atom. The molecule has 0 saturated heterocycles. The molecule has 0 amide bonds. The van der Waals surface area contributed by atoms with Crippen molar-refractivity contribution in [2.24, 2.45) is 0 Å². The fourth-order valence-corrected chi connectivity index (χ4v) is 1.52. The number of nitrogens with one attached hydrogen (secondary N) is 1. The summed E-state index contributed by atoms with van der Waals surface area (Å²) in [4.78, 5) is 11.7. The largest absolute Gasteiger partial charge is 0.458 e. The molecule has 5 heteroatoms. The molecular weight excluding hydrogens is 246 g/mol. The molecule has 19 heavy (non-hydrogen) atoms. The van der Waals surface area contributed by atoms with Gasteiger partial charge in [0.1, 0.15) is 6.61 Å². The van der Waals surface area contributed by atoms with Crippen LogP contribution >= 0.6 is 0 Å². The number of hydrogen-bond donors (Lipinski definition) is 3. The number of carbonyl (C=O) groups excluding carboxylic acids is 1. The van der Waals surface area contributed by atoms with Gasteiger partial charge in [-0.05, 0) is 30.7 Å². The molecule has 1 unspecified atom stereocenters. The minimum Gasteiger partial charge on any atom is -0.458 e. The van der Waals surface area contributed by atoms with E-state index in [0.29, 0.717) is 11.3 Å². The first kappa shape index (κ1) is 15.2. The van der Waals surface area contributed by atoms with Gasteiger partial charge in [0.25, 0.3) is 0 Å². The minimum atomic E-state index is -0.836. The van der Waals surface area contributed by atoms with Crippen LogP contribution < -0.4 is 5.32 Å². The Bertz CT molecular complexity index is 445. The van der Waals surface area contributed by atoms with Gasteiger partial charge in [-0.3, -0.25) is 0 Å². The Kier molecular flexibility index (Phi) is 6.05. The van der Waals surface area contributed by atoms with Gasteiger partial charge in [0, 0.05) is 12.2 Å². The molecule has 1 atom stereocenters. The molecule has 5 nitrogen and oxygen atoms in total. The molecule has 1 aromatic carbocycles. The first-order chi connectivity index (χ1) is 9.06. The van der Waals surface area contributed by atoms with Crippen molar-refractivity contribution in [3.8, 4) is 0 Å². The number of esters is 1. The van der Waals surface area contributed by atoms with Crippen molar-refractivity contribution in [2.45, 2.75) is 13.0 Å². The molecule has 1 aromatic rings. The van der Waals surface area contributed by atoms with Crippen LogP contribution in [0.15, 0.2) is 30.9 Å². The van der Waals surface area contributed by atoms with Crippen molar-refractivity contribution in [3.05, 3.63) is 42.0 Å². The lowest BCUT2D eigenvalue weighted by Crippen LogP contribution is -2.23. The number of hydrogen-bond acceptors (Lipinski definition) is 5. The van der Waals surface area contributed by atoms with E-state index in [4.69, 9.17) is 9.84 Å². The van der Waals surface area contributed by atoms with Crippen molar-refractivity contribution in [1.29, 1.82) is 0 Å². The Balaban J connectivity index is 2.75. The molecule has 0 aromatic heterocycles. The quantitative estimate of drug-likeness (QED) is 0.508. The number of ether oxygens (including phenoxy) is 1. The maximum atomic E-state index is 11.7. The van der Waals surface area contributed by atoms with Crippen LogP contribution in [-0.2, 0) is 4.74 Å². The lowest BCUT2D eigenvalue weighted by atomic mass is 10.1. The molecule has 3 N–H and O–H groups in total. The third kappa shape index (κ3) is 5.11. The summed E-state index contributed by atoms with van der Waals surface area (Å²) in [6.45, 7) is 5.40. The summed E-state index contributed by atoms with van der Waals surface area (Å²) >= 11 is 0. The molecule has 0 saturated carbocycles. The number of aliphatic hydroxyl groups is 2. The van der Waals surface area contributed by atoms with Gasteiger partial charge in [0.2, 0.25) is 0 Å². The molecule has 104 valence electrons. The first-order valence-electron chi connectivity index (χ1n) is 5.99. The summed E-state index contributed by atoms with van der Waals surface area (Å²) < 4.78 is 4.96. The van der Waals surface area contributed by atoms with E-state index < -0.39 is 12.1 Å². The molecule has 0 radical (unpaired) electrons. The second kappa shape index (κ2) is 7.56. The van der Waals surface area contributed by atoms with Gasteiger partial charge in [-0.25, -0.2) is 4.79 Å². The number of aliphatic hydroxyl groups excluding tert-OH is 2. The summed E-state index contributed by atoms with van der Waals surface area (Å²) in [5, 5.41) is 21.0. The molecule has 0 spiro atoms. The number of carbonyl (C=O) groups is 1. The summed E-state index contributed by atoms with van der Waals surface area (Å²) in [6, 6.07) is 5.20. The Morgan fingerprint density at radius 3 is 2.89 bits per heavy atom. The van der Waals surface area contributed by atoms with E-state index in [1.165, 1.54) is 6.08 Å². The smallest absolute Gasteiger partial charge is 0.338 e. The van der Waals surface area contributed by atoms with Crippen molar-refractivity contribution in [3.63, 3.8) is 0 Å². The normalized spacial score (nSPS) is 11.7. The molecule has 0 fully saturated rings. The predicted octanol–water partition coefficient (Wildman–Crippen LogP) is 1.10. The van der Waals surface area contributed by atoms with Crippen LogP contribution in [0.1, 0.15) is 15.9 Å². The van der Waals surface area contributed by atoms with E-state index in [9.17, 15) is 9.90 Å². The van der Waals surface area contributed by atoms with Crippen molar-refractivity contribution in [1.82, 2.24) is 0 Å². The zero-order valence-corrected chi connectivity index (χ0v) is 10.9. The fraction of sp³-hybridized carbons (Fsp3) is 0.357. The standard InChI is InChI=1S/C14H19NO4/c1-3-4-19-14(18)11-5-10(2)6-12(7-11)15-8-13(17)9-16/h3,5-7,13,15-17H,1,4,8-9H2,2H3. The minimum absolute atomic E-state index is 0.165. The topological polar surface area (TPSA) is 78.8 Å². The summed E-state index contributed by atoms with van der Waals surface area (Å²) in [6.07, 6.45) is 0.668. The van der Waals surface area contributed by atoms with E-state index in [-0.39, 0.29) is 19.8 Å². The van der Waals surface area contributed by atoms with Gasteiger partial charge in [-0.2, -0.15) is 0 Å². The van der Waals surface area contributed by atoms with E-state index in [1.807, 2.05) is 13.0 Å². The van der Waals surface area contributed by atoms with Gasteiger partial charge >= 0.3 is 5.97 Å². The summed E-state index contributed by atoms with van der Waals surface area (Å²) in [5.74, 6) is -0.422. The van der Waals surface area contributed by atoms with Gasteiger partial charge in [-0.15, -0.1) is 0 Å². The number of aryl methyl sites for hydroxylation is 1. The van der Waals surface area contributed by atoms with E-state index in [1.54, 1.807) is 12.1 Å². The zero-order chi connectivity index (χ0) is 14.3. The van der Waals surface area contributed by atoms with Gasteiger partial charge < -0.3 is 20.3 Å². The van der Waals surface area contributed by atoms with Crippen LogP contribution in [0.3, 0.4) is 0 Å². The number of rotatable bonds is 7. The van der Waals surface area contributed by atoms with Gasteiger partial charge in [0.05, 0.1) is 18.3 Å². The molecule has 0 aliphatic rings.